The lowest BCUT2D eigenvalue weighted by atomic mass is 10.1. The van der Waals surface area contributed by atoms with Crippen LogP contribution in [0.3, 0.4) is 0 Å². The number of nitrogens with zero attached hydrogens (tertiary/aromatic N) is 4. The van der Waals surface area contributed by atoms with Crippen molar-refractivity contribution in [2.75, 3.05) is 18.1 Å². The third kappa shape index (κ3) is 4.23. The lowest BCUT2D eigenvalue weighted by Crippen LogP contribution is -2.34. The fraction of sp³-hybridized carbons (Fsp3) is 0.200. The average Bonchev–Trinajstić information content (AvgIpc) is 3.26. The average molecular weight is 428 g/mol. The third-order valence-electron chi connectivity index (χ3n) is 5.21. The molecular formula is C25H24N4O3. The van der Waals surface area contributed by atoms with Crippen molar-refractivity contribution in [3.8, 4) is 11.3 Å². The lowest BCUT2D eigenvalue weighted by molar-refractivity contribution is -0.121. The van der Waals surface area contributed by atoms with Crippen LogP contribution in [0.1, 0.15) is 24.2 Å². The Balaban J connectivity index is 1.62. The SMILES string of the molecule is CCN(C(=O)COC(=O)c1cc(-c2ccccc2)nc2c1cnn2CC)c1ccccc1. The number of para-hydroxylation sites is 1. The van der Waals surface area contributed by atoms with Gasteiger partial charge < -0.3 is 9.64 Å². The number of pyridine rings is 1. The highest BCUT2D eigenvalue weighted by molar-refractivity contribution is 6.05. The van der Waals surface area contributed by atoms with Crippen molar-refractivity contribution in [1.82, 2.24) is 14.8 Å². The summed E-state index contributed by atoms with van der Waals surface area (Å²) in [6.45, 7) is 4.58. The second kappa shape index (κ2) is 9.43. The largest absolute Gasteiger partial charge is 0.452 e. The molecule has 0 atom stereocenters. The van der Waals surface area contributed by atoms with E-state index in [1.807, 2.05) is 74.5 Å². The molecule has 2 aromatic heterocycles. The van der Waals surface area contributed by atoms with Gasteiger partial charge in [-0.15, -0.1) is 0 Å². The summed E-state index contributed by atoms with van der Waals surface area (Å²) in [7, 11) is 0. The first-order valence-electron chi connectivity index (χ1n) is 10.6. The number of benzene rings is 2. The zero-order valence-corrected chi connectivity index (χ0v) is 18.1. The van der Waals surface area contributed by atoms with E-state index in [4.69, 9.17) is 9.72 Å². The summed E-state index contributed by atoms with van der Waals surface area (Å²) in [6, 6.07) is 20.6. The van der Waals surface area contributed by atoms with Crippen molar-refractivity contribution in [2.45, 2.75) is 20.4 Å². The number of ether oxygens (including phenoxy) is 1. The lowest BCUT2D eigenvalue weighted by Gasteiger charge is -2.20. The van der Waals surface area contributed by atoms with E-state index in [-0.39, 0.29) is 12.5 Å². The number of hydrogen-bond donors (Lipinski definition) is 0. The molecule has 7 heteroatoms. The summed E-state index contributed by atoms with van der Waals surface area (Å²) < 4.78 is 7.18. The van der Waals surface area contributed by atoms with E-state index >= 15 is 0 Å². The predicted molar refractivity (Wildman–Crippen MR) is 123 cm³/mol. The van der Waals surface area contributed by atoms with E-state index in [0.717, 1.165) is 11.3 Å². The van der Waals surface area contributed by atoms with Crippen LogP contribution in [0.25, 0.3) is 22.3 Å². The van der Waals surface area contributed by atoms with Gasteiger partial charge in [0, 0.05) is 24.3 Å². The molecule has 1 amide bonds. The van der Waals surface area contributed by atoms with Crippen molar-refractivity contribution in [3.05, 3.63) is 78.5 Å². The fourth-order valence-electron chi connectivity index (χ4n) is 3.60. The highest BCUT2D eigenvalue weighted by Gasteiger charge is 2.21. The van der Waals surface area contributed by atoms with Crippen LogP contribution in [0, 0.1) is 0 Å². The van der Waals surface area contributed by atoms with E-state index in [9.17, 15) is 9.59 Å². The second-order valence-corrected chi connectivity index (χ2v) is 7.17. The molecule has 0 bridgehead atoms. The number of amides is 1. The molecule has 0 aliphatic rings. The molecule has 2 heterocycles. The Morgan fingerprint density at radius 1 is 1.00 bits per heavy atom. The van der Waals surface area contributed by atoms with Crippen LogP contribution in [0.15, 0.2) is 72.9 Å². The van der Waals surface area contributed by atoms with Crippen molar-refractivity contribution in [3.63, 3.8) is 0 Å². The summed E-state index contributed by atoms with van der Waals surface area (Å²) in [5.41, 5.74) is 3.23. The molecule has 32 heavy (non-hydrogen) atoms. The minimum Gasteiger partial charge on any atom is -0.452 e. The van der Waals surface area contributed by atoms with E-state index in [1.54, 1.807) is 21.8 Å². The third-order valence-corrected chi connectivity index (χ3v) is 5.21. The highest BCUT2D eigenvalue weighted by atomic mass is 16.5. The minimum atomic E-state index is -0.581. The first-order valence-corrected chi connectivity index (χ1v) is 10.6. The number of esters is 1. The van der Waals surface area contributed by atoms with Crippen LogP contribution in [-0.4, -0.2) is 39.8 Å². The maximum atomic E-state index is 13.0. The summed E-state index contributed by atoms with van der Waals surface area (Å²) in [5.74, 6) is -0.868. The number of aryl methyl sites for hydroxylation is 1. The normalized spacial score (nSPS) is 10.8. The van der Waals surface area contributed by atoms with E-state index < -0.39 is 5.97 Å². The molecule has 4 aromatic rings. The highest BCUT2D eigenvalue weighted by Crippen LogP contribution is 2.25. The molecule has 0 saturated heterocycles. The zero-order valence-electron chi connectivity index (χ0n) is 18.1. The number of anilines is 1. The van der Waals surface area contributed by atoms with Gasteiger partial charge in [-0.1, -0.05) is 48.5 Å². The molecule has 162 valence electrons. The number of likely N-dealkylation sites (N-methyl/N-ethyl adjacent to an activating group) is 1. The Bertz CT molecular complexity index is 1240. The quantitative estimate of drug-likeness (QED) is 0.410. The molecular weight excluding hydrogens is 404 g/mol. The van der Waals surface area contributed by atoms with Crippen LogP contribution >= 0.6 is 0 Å². The summed E-state index contributed by atoms with van der Waals surface area (Å²) in [5, 5.41) is 4.94. The van der Waals surface area contributed by atoms with Gasteiger partial charge in [0.1, 0.15) is 0 Å². The van der Waals surface area contributed by atoms with Gasteiger partial charge in [0.25, 0.3) is 5.91 Å². The minimum absolute atomic E-state index is 0.287. The topological polar surface area (TPSA) is 77.3 Å². The summed E-state index contributed by atoms with van der Waals surface area (Å²) in [4.78, 5) is 32.1. The molecule has 0 aliphatic carbocycles. The van der Waals surface area contributed by atoms with Gasteiger partial charge in [0.2, 0.25) is 0 Å². The van der Waals surface area contributed by atoms with Crippen molar-refractivity contribution in [2.24, 2.45) is 0 Å². The number of rotatable bonds is 7. The Morgan fingerprint density at radius 3 is 2.34 bits per heavy atom. The van der Waals surface area contributed by atoms with Gasteiger partial charge >= 0.3 is 5.97 Å². The molecule has 0 fully saturated rings. The molecule has 0 saturated carbocycles. The van der Waals surface area contributed by atoms with Gasteiger partial charge in [0.15, 0.2) is 12.3 Å². The van der Waals surface area contributed by atoms with E-state index in [0.29, 0.717) is 35.4 Å². The smallest absolute Gasteiger partial charge is 0.339 e. The van der Waals surface area contributed by atoms with Crippen molar-refractivity contribution < 1.29 is 14.3 Å². The zero-order chi connectivity index (χ0) is 22.5. The first kappa shape index (κ1) is 21.2. The van der Waals surface area contributed by atoms with E-state index in [2.05, 4.69) is 5.10 Å². The van der Waals surface area contributed by atoms with Crippen molar-refractivity contribution >= 4 is 28.6 Å². The molecule has 0 unspecified atom stereocenters. The predicted octanol–water partition coefficient (Wildman–Crippen LogP) is 4.33. The fourth-order valence-corrected chi connectivity index (χ4v) is 3.60. The summed E-state index contributed by atoms with van der Waals surface area (Å²) >= 11 is 0. The van der Waals surface area contributed by atoms with Crippen LogP contribution in [0.5, 0.6) is 0 Å². The Morgan fingerprint density at radius 2 is 1.69 bits per heavy atom. The Labute approximate surface area is 186 Å². The van der Waals surface area contributed by atoms with Crippen molar-refractivity contribution in [1.29, 1.82) is 0 Å². The van der Waals surface area contributed by atoms with Gasteiger partial charge in [-0.3, -0.25) is 4.79 Å². The second-order valence-electron chi connectivity index (χ2n) is 7.17. The van der Waals surface area contributed by atoms with Crippen LogP contribution in [0.2, 0.25) is 0 Å². The summed E-state index contributed by atoms with van der Waals surface area (Å²) in [6.07, 6.45) is 1.61. The molecule has 0 N–H and O–H groups in total. The van der Waals surface area contributed by atoms with Gasteiger partial charge in [-0.05, 0) is 32.0 Å². The molecule has 0 aliphatic heterocycles. The van der Waals surface area contributed by atoms with Crippen LogP contribution < -0.4 is 4.90 Å². The molecule has 0 spiro atoms. The molecule has 4 rings (SSSR count). The number of aromatic nitrogens is 3. The monoisotopic (exact) mass is 428 g/mol. The Hall–Kier alpha value is -4.00. The number of carbonyl (C=O) groups excluding carboxylic acids is 2. The maximum absolute atomic E-state index is 13.0. The first-order chi connectivity index (χ1) is 15.6. The van der Waals surface area contributed by atoms with Gasteiger partial charge in [0.05, 0.1) is 22.8 Å². The molecule has 7 nitrogen and oxygen atoms in total. The maximum Gasteiger partial charge on any atom is 0.339 e. The van der Waals surface area contributed by atoms with Crippen LogP contribution in [-0.2, 0) is 16.1 Å². The molecule has 2 aromatic carbocycles. The standard InChI is InChI=1S/C25H24N4O3/c1-3-28(19-13-9-6-10-14-19)23(30)17-32-25(31)20-15-22(18-11-7-5-8-12-18)27-24-21(20)16-26-29(24)4-2/h5-16H,3-4,17H2,1-2H3. The van der Waals surface area contributed by atoms with E-state index in [1.165, 1.54) is 0 Å². The number of carbonyl (C=O) groups is 2. The number of hydrogen-bond acceptors (Lipinski definition) is 5. The molecule has 0 radical (unpaired) electrons. The van der Waals surface area contributed by atoms with Gasteiger partial charge in [-0.2, -0.15) is 5.10 Å². The van der Waals surface area contributed by atoms with Gasteiger partial charge in [-0.25, -0.2) is 14.5 Å². The number of fused-ring (bicyclic) bond motifs is 1. The Kier molecular flexibility index (Phi) is 6.26. The van der Waals surface area contributed by atoms with Crippen LogP contribution in [0.4, 0.5) is 5.69 Å².